The third-order valence-corrected chi connectivity index (χ3v) is 2.30. The normalized spacial score (nSPS) is 10.3. The van der Waals surface area contributed by atoms with E-state index < -0.39 is 0 Å². The highest BCUT2D eigenvalue weighted by Gasteiger charge is 2.01. The van der Waals surface area contributed by atoms with Gasteiger partial charge in [-0.1, -0.05) is 19.1 Å². The fourth-order valence-electron chi connectivity index (χ4n) is 1.41. The van der Waals surface area contributed by atoms with Gasteiger partial charge in [-0.25, -0.2) is 4.98 Å². The summed E-state index contributed by atoms with van der Waals surface area (Å²) in [6.07, 6.45) is 0.837. The van der Waals surface area contributed by atoms with Crippen molar-refractivity contribution in [2.45, 2.75) is 19.9 Å². The van der Waals surface area contributed by atoms with Crippen molar-refractivity contribution in [3.05, 3.63) is 35.9 Å². The number of nitrogen functional groups attached to an aromatic ring is 1. The zero-order valence-electron chi connectivity index (χ0n) is 9.20. The molecule has 0 aliphatic rings. The summed E-state index contributed by atoms with van der Waals surface area (Å²) in [5.74, 6) is 1.65. The summed E-state index contributed by atoms with van der Waals surface area (Å²) in [5.41, 5.74) is 7.46. The van der Waals surface area contributed by atoms with Crippen LogP contribution >= 0.6 is 0 Å². The zero-order chi connectivity index (χ0) is 11.4. The molecule has 0 bridgehead atoms. The molecule has 5 nitrogen and oxygen atoms in total. The van der Waals surface area contributed by atoms with E-state index in [0.29, 0.717) is 6.54 Å². The van der Waals surface area contributed by atoms with E-state index in [1.54, 1.807) is 0 Å². The van der Waals surface area contributed by atoms with Crippen LogP contribution in [0.4, 0.5) is 11.4 Å². The number of aryl methyl sites for hydroxylation is 1. The van der Waals surface area contributed by atoms with Crippen molar-refractivity contribution < 1.29 is 0 Å². The average Bonchev–Trinajstić information content (AvgIpc) is 2.76. The molecule has 0 saturated carbocycles. The number of hydrogen-bond donors (Lipinski definition) is 3. The van der Waals surface area contributed by atoms with E-state index in [-0.39, 0.29) is 0 Å². The largest absolute Gasteiger partial charge is 0.397 e. The topological polar surface area (TPSA) is 79.6 Å². The Kier molecular flexibility index (Phi) is 3.05. The summed E-state index contributed by atoms with van der Waals surface area (Å²) < 4.78 is 0. The van der Waals surface area contributed by atoms with Gasteiger partial charge in [0.2, 0.25) is 0 Å². The molecule has 0 amide bonds. The fraction of sp³-hybridized carbons (Fsp3) is 0.273. The third-order valence-electron chi connectivity index (χ3n) is 2.30. The number of aromatic amines is 1. The van der Waals surface area contributed by atoms with Gasteiger partial charge < -0.3 is 11.1 Å². The number of benzene rings is 1. The van der Waals surface area contributed by atoms with Crippen LogP contribution in [-0.2, 0) is 13.0 Å². The molecule has 0 fully saturated rings. The van der Waals surface area contributed by atoms with E-state index in [1.165, 1.54) is 0 Å². The molecule has 84 valence electrons. The maximum absolute atomic E-state index is 5.81. The average molecular weight is 217 g/mol. The smallest absolute Gasteiger partial charge is 0.150 e. The lowest BCUT2D eigenvalue weighted by atomic mass is 10.3. The van der Waals surface area contributed by atoms with Crippen LogP contribution in [0.1, 0.15) is 18.6 Å². The number of rotatable bonds is 4. The van der Waals surface area contributed by atoms with Crippen molar-refractivity contribution in [2.24, 2.45) is 0 Å². The predicted octanol–water partition coefficient (Wildman–Crippen LogP) is 1.56. The molecule has 1 aromatic heterocycles. The maximum atomic E-state index is 5.81. The Bertz CT molecular complexity index is 463. The van der Waals surface area contributed by atoms with Crippen molar-refractivity contribution in [2.75, 3.05) is 11.1 Å². The lowest BCUT2D eigenvalue weighted by Gasteiger charge is -2.06. The summed E-state index contributed by atoms with van der Waals surface area (Å²) in [4.78, 5) is 4.30. The van der Waals surface area contributed by atoms with Crippen LogP contribution in [-0.4, -0.2) is 15.2 Å². The van der Waals surface area contributed by atoms with Gasteiger partial charge in [-0.3, -0.25) is 5.10 Å². The first-order chi connectivity index (χ1) is 7.79. The minimum Gasteiger partial charge on any atom is -0.397 e. The number of nitrogens with two attached hydrogens (primary N) is 1. The predicted molar refractivity (Wildman–Crippen MR) is 63.9 cm³/mol. The van der Waals surface area contributed by atoms with Crippen molar-refractivity contribution in [3.63, 3.8) is 0 Å². The van der Waals surface area contributed by atoms with E-state index in [1.807, 2.05) is 31.2 Å². The number of hydrogen-bond acceptors (Lipinski definition) is 4. The molecule has 0 spiro atoms. The van der Waals surface area contributed by atoms with Crippen molar-refractivity contribution in [3.8, 4) is 0 Å². The van der Waals surface area contributed by atoms with Gasteiger partial charge >= 0.3 is 0 Å². The minimum atomic E-state index is 0.598. The highest BCUT2D eigenvalue weighted by molar-refractivity contribution is 5.65. The molecule has 0 atom stereocenters. The van der Waals surface area contributed by atoms with Gasteiger partial charge in [0.05, 0.1) is 17.9 Å². The summed E-state index contributed by atoms with van der Waals surface area (Å²) in [7, 11) is 0. The first-order valence-corrected chi connectivity index (χ1v) is 5.28. The summed E-state index contributed by atoms with van der Waals surface area (Å²) in [6.45, 7) is 2.62. The molecule has 4 N–H and O–H groups in total. The second kappa shape index (κ2) is 4.65. The van der Waals surface area contributed by atoms with Crippen LogP contribution in [0.5, 0.6) is 0 Å². The minimum absolute atomic E-state index is 0.598. The van der Waals surface area contributed by atoms with E-state index >= 15 is 0 Å². The number of nitrogens with one attached hydrogen (secondary N) is 2. The van der Waals surface area contributed by atoms with Gasteiger partial charge in [-0.2, -0.15) is 5.10 Å². The SMILES string of the molecule is CCc1n[nH]c(CNc2ccccc2N)n1. The van der Waals surface area contributed by atoms with Crippen molar-refractivity contribution in [1.82, 2.24) is 15.2 Å². The Balaban J connectivity index is 1.99. The number of anilines is 2. The molecule has 2 aromatic rings. The van der Waals surface area contributed by atoms with Crippen molar-refractivity contribution in [1.29, 1.82) is 0 Å². The van der Waals surface area contributed by atoms with Gasteiger partial charge in [-0.15, -0.1) is 0 Å². The van der Waals surface area contributed by atoms with Gasteiger partial charge in [0.25, 0.3) is 0 Å². The summed E-state index contributed by atoms with van der Waals surface area (Å²) in [6, 6.07) is 7.65. The standard InChI is InChI=1S/C11H15N5/c1-2-10-14-11(16-15-10)7-13-9-6-4-3-5-8(9)12/h3-6,13H,2,7,12H2,1H3,(H,14,15,16). The molecule has 0 aliphatic heterocycles. The first kappa shape index (κ1) is 10.5. The quantitative estimate of drug-likeness (QED) is 0.679. The maximum Gasteiger partial charge on any atom is 0.150 e. The Morgan fingerprint density at radius 1 is 1.38 bits per heavy atom. The molecule has 0 saturated heterocycles. The van der Waals surface area contributed by atoms with Gasteiger partial charge in [0.1, 0.15) is 5.82 Å². The Labute approximate surface area is 94.1 Å². The van der Waals surface area contributed by atoms with E-state index in [0.717, 1.165) is 29.4 Å². The number of aromatic nitrogens is 3. The number of H-pyrrole nitrogens is 1. The molecular formula is C11H15N5. The molecular weight excluding hydrogens is 202 g/mol. The van der Waals surface area contributed by atoms with Crippen LogP contribution < -0.4 is 11.1 Å². The number of para-hydroxylation sites is 2. The second-order valence-electron chi connectivity index (χ2n) is 3.49. The Hall–Kier alpha value is -2.04. The highest BCUT2D eigenvalue weighted by atomic mass is 15.2. The highest BCUT2D eigenvalue weighted by Crippen LogP contribution is 2.16. The molecule has 0 radical (unpaired) electrons. The van der Waals surface area contributed by atoms with E-state index in [4.69, 9.17) is 5.73 Å². The number of nitrogens with zero attached hydrogens (tertiary/aromatic N) is 2. The summed E-state index contributed by atoms with van der Waals surface area (Å²) >= 11 is 0. The van der Waals surface area contributed by atoms with Crippen LogP contribution in [0, 0.1) is 0 Å². The molecule has 16 heavy (non-hydrogen) atoms. The third kappa shape index (κ3) is 2.31. The molecule has 1 heterocycles. The molecule has 5 heteroatoms. The lowest BCUT2D eigenvalue weighted by molar-refractivity contribution is 0.939. The first-order valence-electron chi connectivity index (χ1n) is 5.28. The summed E-state index contributed by atoms with van der Waals surface area (Å²) in [5, 5.41) is 10.2. The lowest BCUT2D eigenvalue weighted by Crippen LogP contribution is -2.03. The molecule has 0 unspecified atom stereocenters. The van der Waals surface area contributed by atoms with Crippen LogP contribution in [0.3, 0.4) is 0 Å². The monoisotopic (exact) mass is 217 g/mol. The zero-order valence-corrected chi connectivity index (χ0v) is 9.20. The Morgan fingerprint density at radius 2 is 2.19 bits per heavy atom. The molecule has 1 aromatic carbocycles. The van der Waals surface area contributed by atoms with E-state index in [9.17, 15) is 0 Å². The second-order valence-corrected chi connectivity index (χ2v) is 3.49. The molecule has 2 rings (SSSR count). The van der Waals surface area contributed by atoms with Gasteiger partial charge in [-0.05, 0) is 12.1 Å². The van der Waals surface area contributed by atoms with Crippen LogP contribution in [0.15, 0.2) is 24.3 Å². The van der Waals surface area contributed by atoms with Crippen LogP contribution in [0.2, 0.25) is 0 Å². The van der Waals surface area contributed by atoms with E-state index in [2.05, 4.69) is 20.5 Å². The van der Waals surface area contributed by atoms with Crippen LogP contribution in [0.25, 0.3) is 0 Å². The Morgan fingerprint density at radius 3 is 2.88 bits per heavy atom. The van der Waals surface area contributed by atoms with Crippen molar-refractivity contribution >= 4 is 11.4 Å². The molecule has 0 aliphatic carbocycles. The van der Waals surface area contributed by atoms with Gasteiger partial charge in [0, 0.05) is 6.42 Å². The van der Waals surface area contributed by atoms with Gasteiger partial charge in [0.15, 0.2) is 5.82 Å². The fourth-order valence-corrected chi connectivity index (χ4v) is 1.41.